The Bertz CT molecular complexity index is 790. The first-order valence-electron chi connectivity index (χ1n) is 14.4. The quantitative estimate of drug-likeness (QED) is 0.148. The van der Waals surface area contributed by atoms with E-state index in [2.05, 4.69) is 30.8 Å². The monoisotopic (exact) mass is 506 g/mol. The summed E-state index contributed by atoms with van der Waals surface area (Å²) in [6.45, 7) is 8.25. The molecule has 206 valence electrons. The molecule has 4 fully saturated rings. The number of rotatable bonds is 8. The van der Waals surface area contributed by atoms with E-state index in [1.807, 2.05) is 0 Å². The van der Waals surface area contributed by atoms with E-state index in [1.54, 1.807) is 0 Å². The Morgan fingerprint density at radius 3 is 2.53 bits per heavy atom. The summed E-state index contributed by atoms with van der Waals surface area (Å²) < 4.78 is 0. The van der Waals surface area contributed by atoms with Gasteiger partial charge in [-0.3, -0.25) is 4.79 Å². The molecule has 0 bridgehead atoms. The number of carboxylic acids is 1. The van der Waals surface area contributed by atoms with E-state index >= 15 is 0 Å². The number of azide groups is 1. The number of fused-ring (bicyclic) bond motifs is 5. The molecular formula is C28H50N4O4. The van der Waals surface area contributed by atoms with Crippen LogP contribution in [0.5, 0.6) is 0 Å². The molecule has 3 unspecified atom stereocenters. The molecule has 0 aromatic rings. The van der Waals surface area contributed by atoms with Gasteiger partial charge in [0.05, 0.1) is 12.2 Å². The molecule has 0 heterocycles. The standard InChI is InChI=1S/C24H40O4.C4H10N4/c1-14(4-9-22(27)28)18-7-8-19-17-6-5-15-12-16(25)10-11-23(15,2)20(17)13-21(26)24(18,19)3;5-3-1-2-4-7-8-6/h14-21,25-26H,4-13H2,1-3H3,(H,27,28);1-5H2/t14-,15-,16-,17?,18-,19?,20?,21+,23+,24-;/m1./s1. The third-order valence-corrected chi connectivity index (χ3v) is 11.1. The fourth-order valence-electron chi connectivity index (χ4n) is 9.08. The minimum absolute atomic E-state index is 0.0591. The molecule has 0 amide bonds. The zero-order valence-electron chi connectivity index (χ0n) is 22.7. The largest absolute Gasteiger partial charge is 0.481 e. The lowest BCUT2D eigenvalue weighted by Crippen LogP contribution is -2.58. The van der Waals surface area contributed by atoms with Crippen LogP contribution in [-0.2, 0) is 4.79 Å². The molecule has 0 aliphatic heterocycles. The summed E-state index contributed by atoms with van der Waals surface area (Å²) in [5.41, 5.74) is 13.2. The highest BCUT2D eigenvalue weighted by molar-refractivity contribution is 5.66. The first kappa shape index (κ1) is 29.2. The molecule has 0 radical (unpaired) electrons. The Labute approximate surface area is 217 Å². The highest BCUT2D eigenvalue weighted by Gasteiger charge is 2.63. The van der Waals surface area contributed by atoms with Gasteiger partial charge in [-0.25, -0.2) is 0 Å². The number of carbonyl (C=O) groups is 1. The number of aliphatic carboxylic acids is 1. The summed E-state index contributed by atoms with van der Waals surface area (Å²) in [4.78, 5) is 13.7. The molecule has 8 nitrogen and oxygen atoms in total. The molecule has 4 aliphatic carbocycles. The zero-order valence-corrected chi connectivity index (χ0v) is 22.7. The van der Waals surface area contributed by atoms with Crippen molar-refractivity contribution in [3.63, 3.8) is 0 Å². The summed E-state index contributed by atoms with van der Waals surface area (Å²) in [5, 5.41) is 34.1. The Balaban J connectivity index is 0.000000392. The summed E-state index contributed by atoms with van der Waals surface area (Å²) in [6.07, 6.45) is 11.1. The van der Waals surface area contributed by atoms with Crippen LogP contribution in [0.1, 0.15) is 97.8 Å². The van der Waals surface area contributed by atoms with Crippen molar-refractivity contribution in [2.45, 2.75) is 110 Å². The van der Waals surface area contributed by atoms with Gasteiger partial charge in [0.2, 0.25) is 0 Å². The van der Waals surface area contributed by atoms with Gasteiger partial charge in [0.1, 0.15) is 0 Å². The topological polar surface area (TPSA) is 153 Å². The minimum atomic E-state index is -0.707. The number of hydrogen-bond acceptors (Lipinski definition) is 5. The number of carboxylic acid groups (broad SMARTS) is 1. The van der Waals surface area contributed by atoms with E-state index in [-0.39, 0.29) is 29.5 Å². The van der Waals surface area contributed by atoms with Gasteiger partial charge in [-0.15, -0.1) is 0 Å². The van der Waals surface area contributed by atoms with Crippen molar-refractivity contribution in [2.24, 2.45) is 57.2 Å². The van der Waals surface area contributed by atoms with E-state index in [0.29, 0.717) is 48.6 Å². The maximum atomic E-state index is 11.5. The third-order valence-electron chi connectivity index (χ3n) is 11.1. The van der Waals surface area contributed by atoms with Crippen molar-refractivity contribution < 1.29 is 20.1 Å². The first-order valence-corrected chi connectivity index (χ1v) is 14.4. The fourth-order valence-corrected chi connectivity index (χ4v) is 9.08. The Morgan fingerprint density at radius 2 is 1.86 bits per heavy atom. The molecule has 36 heavy (non-hydrogen) atoms. The van der Waals surface area contributed by atoms with Crippen molar-refractivity contribution in [3.05, 3.63) is 10.4 Å². The number of unbranched alkanes of at least 4 members (excludes halogenated alkanes) is 1. The maximum Gasteiger partial charge on any atom is 0.303 e. The van der Waals surface area contributed by atoms with Gasteiger partial charge < -0.3 is 21.1 Å². The summed E-state index contributed by atoms with van der Waals surface area (Å²) >= 11 is 0. The van der Waals surface area contributed by atoms with Gasteiger partial charge in [-0.2, -0.15) is 0 Å². The van der Waals surface area contributed by atoms with Crippen molar-refractivity contribution in [3.8, 4) is 0 Å². The number of aliphatic hydroxyl groups excluding tert-OH is 2. The van der Waals surface area contributed by atoms with Crippen LogP contribution in [0.15, 0.2) is 5.11 Å². The predicted octanol–water partition coefficient (Wildman–Crippen LogP) is 5.51. The van der Waals surface area contributed by atoms with Gasteiger partial charge in [0, 0.05) is 17.9 Å². The van der Waals surface area contributed by atoms with Gasteiger partial charge in [-0.05, 0) is 129 Å². The first-order chi connectivity index (χ1) is 17.1. The molecule has 4 aliphatic rings. The average molecular weight is 507 g/mol. The maximum absolute atomic E-state index is 11.5. The molecule has 10 atom stereocenters. The molecule has 0 saturated heterocycles. The Kier molecular flexibility index (Phi) is 10.1. The lowest BCUT2D eigenvalue weighted by atomic mass is 9.43. The smallest absolute Gasteiger partial charge is 0.303 e. The second kappa shape index (κ2) is 12.5. The lowest BCUT2D eigenvalue weighted by molar-refractivity contribution is -0.175. The fraction of sp³-hybridized carbons (Fsp3) is 0.964. The second-order valence-electron chi connectivity index (χ2n) is 12.7. The summed E-state index contributed by atoms with van der Waals surface area (Å²) in [5.74, 6) is 2.55. The van der Waals surface area contributed by atoms with Crippen molar-refractivity contribution >= 4 is 5.97 Å². The van der Waals surface area contributed by atoms with E-state index in [0.717, 1.165) is 51.4 Å². The molecular weight excluding hydrogens is 456 g/mol. The van der Waals surface area contributed by atoms with E-state index in [9.17, 15) is 15.0 Å². The molecule has 8 heteroatoms. The molecule has 0 aromatic carbocycles. The zero-order chi connectivity index (χ0) is 26.5. The van der Waals surface area contributed by atoms with Crippen LogP contribution in [0.4, 0.5) is 0 Å². The number of hydrogen-bond donors (Lipinski definition) is 4. The third kappa shape index (κ3) is 5.87. The Morgan fingerprint density at radius 1 is 1.11 bits per heavy atom. The van der Waals surface area contributed by atoms with Crippen LogP contribution >= 0.6 is 0 Å². The van der Waals surface area contributed by atoms with Gasteiger partial charge >= 0.3 is 5.97 Å². The van der Waals surface area contributed by atoms with Crippen LogP contribution in [0.25, 0.3) is 10.4 Å². The SMILES string of the molecule is C[C@H](CCC(=O)O)[C@H]1CCC2C3CC[C@@H]4C[C@H](O)CC[C@]4(C)C3C[C@H](O)[C@@]21C.[N-]=[N+]=NCCCCN. The highest BCUT2D eigenvalue weighted by Crippen LogP contribution is 2.68. The van der Waals surface area contributed by atoms with Crippen LogP contribution in [-0.4, -0.2) is 46.6 Å². The molecule has 4 saturated carbocycles. The van der Waals surface area contributed by atoms with Crippen LogP contribution in [0.2, 0.25) is 0 Å². The normalized spacial score (nSPS) is 42.0. The highest BCUT2D eigenvalue weighted by atomic mass is 16.4. The Hall–Kier alpha value is -1.34. The second-order valence-corrected chi connectivity index (χ2v) is 12.7. The minimum Gasteiger partial charge on any atom is -0.481 e. The number of nitrogens with zero attached hydrogens (tertiary/aromatic N) is 3. The molecule has 4 rings (SSSR count). The van der Waals surface area contributed by atoms with Crippen LogP contribution < -0.4 is 5.73 Å². The van der Waals surface area contributed by atoms with Gasteiger partial charge in [0.15, 0.2) is 0 Å². The van der Waals surface area contributed by atoms with Gasteiger partial charge in [0.25, 0.3) is 0 Å². The van der Waals surface area contributed by atoms with Crippen molar-refractivity contribution in [1.29, 1.82) is 0 Å². The van der Waals surface area contributed by atoms with E-state index < -0.39 is 5.97 Å². The summed E-state index contributed by atoms with van der Waals surface area (Å²) in [7, 11) is 0. The molecule has 5 N–H and O–H groups in total. The van der Waals surface area contributed by atoms with Crippen molar-refractivity contribution in [1.82, 2.24) is 0 Å². The van der Waals surface area contributed by atoms with Crippen LogP contribution in [0.3, 0.4) is 0 Å². The molecule has 0 spiro atoms. The lowest BCUT2D eigenvalue weighted by Gasteiger charge is -2.62. The number of aliphatic hydroxyl groups is 2. The molecule has 0 aromatic heterocycles. The van der Waals surface area contributed by atoms with Crippen LogP contribution in [0, 0.1) is 46.3 Å². The average Bonchev–Trinajstić information content (AvgIpc) is 3.21. The number of nitrogens with two attached hydrogens (primary N) is 1. The summed E-state index contributed by atoms with van der Waals surface area (Å²) in [6, 6.07) is 0. The predicted molar refractivity (Wildman–Crippen MR) is 141 cm³/mol. The van der Waals surface area contributed by atoms with E-state index in [1.165, 1.54) is 19.3 Å². The van der Waals surface area contributed by atoms with Crippen molar-refractivity contribution in [2.75, 3.05) is 13.1 Å². The van der Waals surface area contributed by atoms with E-state index in [4.69, 9.17) is 16.4 Å². The van der Waals surface area contributed by atoms with Gasteiger partial charge in [-0.1, -0.05) is 25.9 Å².